The van der Waals surface area contributed by atoms with Crippen LogP contribution in [0.2, 0.25) is 0 Å². The minimum atomic E-state index is 0.263. The zero-order valence-corrected chi connectivity index (χ0v) is 4.55. The van der Waals surface area contributed by atoms with Crippen LogP contribution in [-0.4, -0.2) is 20.0 Å². The van der Waals surface area contributed by atoms with Crippen LogP contribution in [0.25, 0.3) is 0 Å². The van der Waals surface area contributed by atoms with E-state index < -0.39 is 0 Å². The van der Waals surface area contributed by atoms with Crippen LogP contribution < -0.4 is 0 Å². The first-order valence-electron chi connectivity index (χ1n) is 2.42. The quantitative estimate of drug-likeness (QED) is 0.460. The van der Waals surface area contributed by atoms with Crippen molar-refractivity contribution in [2.24, 2.45) is 0 Å². The van der Waals surface area contributed by atoms with Gasteiger partial charge >= 0.3 is 0 Å². The maximum absolute atomic E-state index is 4.86. The van der Waals surface area contributed by atoms with Gasteiger partial charge in [-0.05, 0) is 6.58 Å². The smallest absolute Gasteiger partial charge is 0.273 e. The van der Waals surface area contributed by atoms with Gasteiger partial charge in [0.2, 0.25) is 0 Å². The third-order valence-electron chi connectivity index (χ3n) is 0.794. The van der Waals surface area contributed by atoms with Crippen LogP contribution in [0.4, 0.5) is 0 Å². The Morgan fingerprint density at radius 2 is 2.12 bits per heavy atom. The Labute approximate surface area is 47.8 Å². The van der Waals surface area contributed by atoms with Gasteiger partial charge in [-0.25, -0.2) is 0 Å². The first-order chi connectivity index (χ1) is 3.89. The second-order valence-electron chi connectivity index (χ2n) is 1.39. The van der Waals surface area contributed by atoms with Gasteiger partial charge in [-0.3, -0.25) is 0 Å². The monoisotopic (exact) mass is 116 g/mol. The summed E-state index contributed by atoms with van der Waals surface area (Å²) in [6.45, 7) is 4.84. The van der Waals surface area contributed by atoms with Crippen molar-refractivity contribution in [1.29, 1.82) is 0 Å². The van der Waals surface area contributed by atoms with E-state index in [0.29, 0.717) is 19.2 Å². The Bertz CT molecular complexity index is 79.7. The third kappa shape index (κ3) is 1.42. The summed E-state index contributed by atoms with van der Waals surface area (Å²) >= 11 is 0. The molecule has 8 heavy (non-hydrogen) atoms. The van der Waals surface area contributed by atoms with E-state index in [1.165, 1.54) is 0 Å². The fourth-order valence-electron chi connectivity index (χ4n) is 0.422. The molecule has 1 aliphatic rings. The first kappa shape index (κ1) is 5.44. The molecule has 1 fully saturated rings. The fourth-order valence-corrected chi connectivity index (χ4v) is 0.422. The summed E-state index contributed by atoms with van der Waals surface area (Å²) in [5.74, 6) is 0.350. The lowest BCUT2D eigenvalue weighted by Gasteiger charge is -2.00. The molecule has 3 nitrogen and oxygen atoms in total. The highest BCUT2D eigenvalue weighted by atomic mass is 16.8. The van der Waals surface area contributed by atoms with Crippen molar-refractivity contribution in [1.82, 2.24) is 0 Å². The molecule has 46 valence electrons. The molecule has 0 saturated carbocycles. The van der Waals surface area contributed by atoms with Crippen LogP contribution in [0.3, 0.4) is 0 Å². The minimum Gasteiger partial charge on any atom is -0.463 e. The summed E-state index contributed by atoms with van der Waals surface area (Å²) in [6, 6.07) is 0. The number of hydrogen-bond donors (Lipinski definition) is 0. The Hall–Kier alpha value is -0.700. The fraction of sp³-hybridized carbons (Fsp3) is 0.600. The van der Waals surface area contributed by atoms with Gasteiger partial charge in [-0.15, -0.1) is 0 Å². The zero-order valence-electron chi connectivity index (χ0n) is 4.55. The average molecular weight is 116 g/mol. The average Bonchev–Trinajstić information content (AvgIpc) is 1.94. The molecular weight excluding hydrogens is 108 g/mol. The lowest BCUT2D eigenvalue weighted by molar-refractivity contribution is -0.0181. The van der Waals surface area contributed by atoms with E-state index in [0.717, 1.165) is 0 Å². The molecule has 1 heterocycles. The standard InChI is InChI=1S/C5H8O3/c1-5-7-3-2-6-4-8-5/h1-4H2. The predicted molar refractivity (Wildman–Crippen MR) is 27.0 cm³/mol. The van der Waals surface area contributed by atoms with Crippen LogP contribution in [0.15, 0.2) is 12.5 Å². The van der Waals surface area contributed by atoms with Crippen molar-refractivity contribution in [3.05, 3.63) is 12.5 Å². The highest BCUT2D eigenvalue weighted by molar-refractivity contribution is 4.67. The van der Waals surface area contributed by atoms with Crippen molar-refractivity contribution in [2.45, 2.75) is 0 Å². The minimum absolute atomic E-state index is 0.263. The molecule has 0 aromatic rings. The van der Waals surface area contributed by atoms with Gasteiger partial charge in [0.1, 0.15) is 6.61 Å². The van der Waals surface area contributed by atoms with E-state index in [1.807, 2.05) is 0 Å². The van der Waals surface area contributed by atoms with Gasteiger partial charge in [0, 0.05) is 0 Å². The first-order valence-corrected chi connectivity index (χ1v) is 2.42. The van der Waals surface area contributed by atoms with Crippen molar-refractivity contribution in [3.63, 3.8) is 0 Å². The van der Waals surface area contributed by atoms with Crippen LogP contribution >= 0.6 is 0 Å². The lowest BCUT2D eigenvalue weighted by atomic mass is 10.8. The zero-order chi connectivity index (χ0) is 5.82. The number of rotatable bonds is 0. The Balaban J connectivity index is 2.27. The molecule has 0 N–H and O–H groups in total. The van der Waals surface area contributed by atoms with Crippen molar-refractivity contribution >= 4 is 0 Å². The summed E-state index contributed by atoms with van der Waals surface area (Å²) in [7, 11) is 0. The molecule has 0 spiro atoms. The van der Waals surface area contributed by atoms with Crippen LogP contribution in [0.1, 0.15) is 0 Å². The molecule has 1 aliphatic heterocycles. The highest BCUT2D eigenvalue weighted by Gasteiger charge is 1.99. The predicted octanol–water partition coefficient (Wildman–Crippen LogP) is 0.478. The van der Waals surface area contributed by atoms with Crippen molar-refractivity contribution in [3.8, 4) is 0 Å². The Kier molecular flexibility index (Phi) is 1.75. The maximum atomic E-state index is 4.86. The van der Waals surface area contributed by atoms with E-state index >= 15 is 0 Å². The highest BCUT2D eigenvalue weighted by Crippen LogP contribution is 1.99. The van der Waals surface area contributed by atoms with Crippen molar-refractivity contribution in [2.75, 3.05) is 20.0 Å². The van der Waals surface area contributed by atoms with Crippen LogP contribution in [0.5, 0.6) is 0 Å². The van der Waals surface area contributed by atoms with Gasteiger partial charge in [0.15, 0.2) is 6.79 Å². The van der Waals surface area contributed by atoms with Crippen molar-refractivity contribution < 1.29 is 14.2 Å². The molecule has 0 aliphatic carbocycles. The van der Waals surface area contributed by atoms with Crippen LogP contribution in [-0.2, 0) is 14.2 Å². The second-order valence-corrected chi connectivity index (χ2v) is 1.39. The number of hydrogen-bond acceptors (Lipinski definition) is 3. The van der Waals surface area contributed by atoms with E-state index in [1.54, 1.807) is 0 Å². The molecule has 0 aromatic heterocycles. The molecule has 1 rings (SSSR count). The molecule has 3 heteroatoms. The van der Waals surface area contributed by atoms with E-state index in [2.05, 4.69) is 6.58 Å². The summed E-state index contributed by atoms with van der Waals surface area (Å²) in [5, 5.41) is 0. The summed E-state index contributed by atoms with van der Waals surface area (Å²) < 4.78 is 14.5. The third-order valence-corrected chi connectivity index (χ3v) is 0.794. The van der Waals surface area contributed by atoms with Gasteiger partial charge in [0.05, 0.1) is 6.61 Å². The second kappa shape index (κ2) is 2.57. The molecule has 0 amide bonds. The lowest BCUT2D eigenvalue weighted by Crippen LogP contribution is -1.96. The molecule has 0 radical (unpaired) electrons. The van der Waals surface area contributed by atoms with E-state index in [9.17, 15) is 0 Å². The Morgan fingerprint density at radius 1 is 1.25 bits per heavy atom. The molecule has 0 atom stereocenters. The van der Waals surface area contributed by atoms with Gasteiger partial charge in [-0.1, -0.05) is 0 Å². The number of ether oxygens (including phenoxy) is 3. The van der Waals surface area contributed by atoms with E-state index in [4.69, 9.17) is 14.2 Å². The SMILES string of the molecule is C=C1OCCOCO1. The molecule has 1 saturated heterocycles. The van der Waals surface area contributed by atoms with Gasteiger partial charge in [0.25, 0.3) is 5.95 Å². The molecule has 0 aromatic carbocycles. The molecule has 0 bridgehead atoms. The summed E-state index contributed by atoms with van der Waals surface area (Å²) in [4.78, 5) is 0. The topological polar surface area (TPSA) is 27.7 Å². The summed E-state index contributed by atoms with van der Waals surface area (Å²) in [6.07, 6.45) is 0. The normalized spacial score (nSPS) is 20.8. The largest absolute Gasteiger partial charge is 0.463 e. The maximum Gasteiger partial charge on any atom is 0.273 e. The van der Waals surface area contributed by atoms with E-state index in [-0.39, 0.29) is 6.79 Å². The van der Waals surface area contributed by atoms with Crippen LogP contribution in [0, 0.1) is 0 Å². The van der Waals surface area contributed by atoms with Gasteiger partial charge in [-0.2, -0.15) is 0 Å². The van der Waals surface area contributed by atoms with Gasteiger partial charge < -0.3 is 14.2 Å². The molecule has 0 unspecified atom stereocenters. The Morgan fingerprint density at radius 3 is 3.00 bits per heavy atom. The summed E-state index contributed by atoms with van der Waals surface area (Å²) in [5.41, 5.74) is 0. The molecular formula is C5H8O3.